The number of nitriles is 1. The summed E-state index contributed by atoms with van der Waals surface area (Å²) in [5, 5.41) is 10.0. The predicted octanol–water partition coefficient (Wildman–Crippen LogP) is 3.80. The molecule has 14 heavy (non-hydrogen) atoms. The zero-order valence-electron chi connectivity index (χ0n) is 8.00. The average molecular weight is 219 g/mol. The number of rotatable bonds is 1. The van der Waals surface area contributed by atoms with E-state index in [0.717, 1.165) is 4.88 Å². The molecule has 0 amide bonds. The molecule has 0 atom stereocenters. The van der Waals surface area contributed by atoms with Gasteiger partial charge in [0.25, 0.3) is 0 Å². The summed E-state index contributed by atoms with van der Waals surface area (Å²) in [5.41, 5.74) is 1.28. The van der Waals surface area contributed by atoms with Crippen LogP contribution < -0.4 is 0 Å². The summed E-state index contributed by atoms with van der Waals surface area (Å²) in [6, 6.07) is 8.39. The van der Waals surface area contributed by atoms with Crippen molar-refractivity contribution >= 4 is 33.2 Å². The largest absolute Gasteiger partial charge is 0.192 e. The summed E-state index contributed by atoms with van der Waals surface area (Å²) >= 11 is 3.31. The fourth-order valence-electron chi connectivity index (χ4n) is 1.52. The zero-order chi connectivity index (χ0) is 10.1. The minimum absolute atomic E-state index is 0.793. The van der Waals surface area contributed by atoms with Crippen molar-refractivity contribution in [1.82, 2.24) is 0 Å². The maximum Gasteiger partial charge on any atom is 0.110 e. The SMILES string of the molecule is CSc1c(C)ccc2sc(C#N)cc12. The van der Waals surface area contributed by atoms with Crippen LogP contribution in [0.15, 0.2) is 23.1 Å². The maximum absolute atomic E-state index is 8.83. The smallest absolute Gasteiger partial charge is 0.110 e. The molecule has 0 aliphatic rings. The molecule has 0 fully saturated rings. The maximum atomic E-state index is 8.83. The van der Waals surface area contributed by atoms with Crippen LogP contribution in [0.1, 0.15) is 10.4 Å². The highest BCUT2D eigenvalue weighted by Crippen LogP contribution is 2.34. The first-order valence-corrected chi connectivity index (χ1v) is 6.27. The summed E-state index contributed by atoms with van der Waals surface area (Å²) < 4.78 is 1.21. The molecule has 1 heterocycles. The number of thiophene rings is 1. The Morgan fingerprint density at radius 2 is 2.21 bits per heavy atom. The van der Waals surface area contributed by atoms with Crippen LogP contribution in [0.2, 0.25) is 0 Å². The molecule has 70 valence electrons. The Morgan fingerprint density at radius 1 is 1.43 bits per heavy atom. The first kappa shape index (κ1) is 9.57. The Bertz CT molecular complexity index is 520. The first-order chi connectivity index (χ1) is 6.76. The second-order valence-corrected chi connectivity index (χ2v) is 4.95. The summed E-state index contributed by atoms with van der Waals surface area (Å²) in [4.78, 5) is 2.08. The van der Waals surface area contributed by atoms with Gasteiger partial charge < -0.3 is 0 Å². The van der Waals surface area contributed by atoms with Gasteiger partial charge in [-0.05, 0) is 30.9 Å². The van der Waals surface area contributed by atoms with Crippen molar-refractivity contribution in [2.24, 2.45) is 0 Å². The van der Waals surface area contributed by atoms with E-state index >= 15 is 0 Å². The van der Waals surface area contributed by atoms with Crippen molar-refractivity contribution in [3.8, 4) is 6.07 Å². The molecule has 0 saturated carbocycles. The molecule has 0 bridgehead atoms. The first-order valence-electron chi connectivity index (χ1n) is 4.23. The van der Waals surface area contributed by atoms with Crippen molar-refractivity contribution in [2.45, 2.75) is 11.8 Å². The molecule has 0 aliphatic heterocycles. The fourth-order valence-corrected chi connectivity index (χ4v) is 3.23. The monoisotopic (exact) mass is 219 g/mol. The van der Waals surface area contributed by atoms with Crippen LogP contribution in [0.25, 0.3) is 10.1 Å². The van der Waals surface area contributed by atoms with E-state index in [9.17, 15) is 0 Å². The van der Waals surface area contributed by atoms with E-state index in [-0.39, 0.29) is 0 Å². The van der Waals surface area contributed by atoms with E-state index in [1.54, 1.807) is 23.1 Å². The summed E-state index contributed by atoms with van der Waals surface area (Å²) in [7, 11) is 0. The van der Waals surface area contributed by atoms with Crippen molar-refractivity contribution < 1.29 is 0 Å². The topological polar surface area (TPSA) is 23.8 Å². The third-order valence-corrected chi connectivity index (χ3v) is 4.12. The van der Waals surface area contributed by atoms with Crippen molar-refractivity contribution in [2.75, 3.05) is 6.26 Å². The van der Waals surface area contributed by atoms with Crippen LogP contribution in [0.3, 0.4) is 0 Å². The van der Waals surface area contributed by atoms with Crippen LogP contribution in [0.5, 0.6) is 0 Å². The van der Waals surface area contributed by atoms with E-state index in [1.165, 1.54) is 20.5 Å². The van der Waals surface area contributed by atoms with E-state index in [1.807, 2.05) is 6.07 Å². The molecule has 1 aromatic carbocycles. The lowest BCUT2D eigenvalue weighted by Crippen LogP contribution is -1.77. The molecule has 0 aliphatic carbocycles. The lowest BCUT2D eigenvalue weighted by Gasteiger charge is -2.02. The van der Waals surface area contributed by atoms with Crippen LogP contribution >= 0.6 is 23.1 Å². The number of thioether (sulfide) groups is 1. The molecule has 1 nitrogen and oxygen atoms in total. The van der Waals surface area contributed by atoms with Gasteiger partial charge in [0.15, 0.2) is 0 Å². The van der Waals surface area contributed by atoms with E-state index < -0.39 is 0 Å². The fraction of sp³-hybridized carbons (Fsp3) is 0.182. The van der Waals surface area contributed by atoms with Crippen LogP contribution in [-0.2, 0) is 0 Å². The average Bonchev–Trinajstić information content (AvgIpc) is 2.60. The molecule has 0 N–H and O–H groups in total. The number of benzene rings is 1. The molecule has 1 aromatic heterocycles. The number of nitrogens with zero attached hydrogens (tertiary/aromatic N) is 1. The number of hydrogen-bond donors (Lipinski definition) is 0. The van der Waals surface area contributed by atoms with Gasteiger partial charge in [-0.25, -0.2) is 0 Å². The third-order valence-electron chi connectivity index (χ3n) is 2.16. The van der Waals surface area contributed by atoms with Crippen molar-refractivity contribution in [1.29, 1.82) is 5.26 Å². The highest BCUT2D eigenvalue weighted by molar-refractivity contribution is 7.98. The molecule has 3 heteroatoms. The van der Waals surface area contributed by atoms with Crippen LogP contribution in [-0.4, -0.2) is 6.26 Å². The molecular weight excluding hydrogens is 210 g/mol. The summed E-state index contributed by atoms with van der Waals surface area (Å²) in [6.07, 6.45) is 2.07. The van der Waals surface area contributed by atoms with Gasteiger partial charge in [-0.2, -0.15) is 5.26 Å². The molecule has 0 spiro atoms. The normalized spacial score (nSPS) is 10.4. The van der Waals surface area contributed by atoms with E-state index in [0.29, 0.717) is 0 Å². The highest BCUT2D eigenvalue weighted by atomic mass is 32.2. The van der Waals surface area contributed by atoms with Crippen LogP contribution in [0, 0.1) is 18.3 Å². The van der Waals surface area contributed by atoms with Crippen molar-refractivity contribution in [3.63, 3.8) is 0 Å². The predicted molar refractivity (Wildman–Crippen MR) is 63.1 cm³/mol. The van der Waals surface area contributed by atoms with Gasteiger partial charge in [0, 0.05) is 15.0 Å². The van der Waals surface area contributed by atoms with Gasteiger partial charge in [-0.15, -0.1) is 23.1 Å². The molecule has 2 aromatic rings. The van der Waals surface area contributed by atoms with E-state index in [2.05, 4.69) is 31.4 Å². The third kappa shape index (κ3) is 1.41. The lowest BCUT2D eigenvalue weighted by molar-refractivity contribution is 1.36. The summed E-state index contributed by atoms with van der Waals surface area (Å²) in [5.74, 6) is 0. The Balaban J connectivity index is 2.81. The number of aryl methyl sites for hydroxylation is 1. The Morgan fingerprint density at radius 3 is 2.86 bits per heavy atom. The van der Waals surface area contributed by atoms with Gasteiger partial charge in [-0.3, -0.25) is 0 Å². The standard InChI is InChI=1S/C11H9NS2/c1-7-3-4-10-9(11(7)13-2)5-8(6-12)14-10/h3-5H,1-2H3. The van der Waals surface area contributed by atoms with Gasteiger partial charge in [0.05, 0.1) is 0 Å². The number of fused-ring (bicyclic) bond motifs is 1. The molecule has 2 rings (SSSR count). The Hall–Kier alpha value is -0.980. The molecule has 0 radical (unpaired) electrons. The number of hydrogen-bond acceptors (Lipinski definition) is 3. The molecular formula is C11H9NS2. The van der Waals surface area contributed by atoms with Gasteiger partial charge in [0.2, 0.25) is 0 Å². The zero-order valence-corrected chi connectivity index (χ0v) is 9.63. The van der Waals surface area contributed by atoms with Crippen LogP contribution in [0.4, 0.5) is 0 Å². The lowest BCUT2D eigenvalue weighted by atomic mass is 10.2. The quantitative estimate of drug-likeness (QED) is 0.681. The van der Waals surface area contributed by atoms with E-state index in [4.69, 9.17) is 5.26 Å². The van der Waals surface area contributed by atoms with Gasteiger partial charge >= 0.3 is 0 Å². The molecule has 0 saturated heterocycles. The second-order valence-electron chi connectivity index (χ2n) is 3.05. The Labute approximate surface area is 91.4 Å². The van der Waals surface area contributed by atoms with Crippen molar-refractivity contribution in [3.05, 3.63) is 28.6 Å². The van der Waals surface area contributed by atoms with Gasteiger partial charge in [0.1, 0.15) is 10.9 Å². The minimum Gasteiger partial charge on any atom is -0.192 e. The minimum atomic E-state index is 0.793. The highest BCUT2D eigenvalue weighted by Gasteiger charge is 2.07. The summed E-state index contributed by atoms with van der Waals surface area (Å²) in [6.45, 7) is 2.11. The molecule has 0 unspecified atom stereocenters. The second kappa shape index (κ2) is 3.64. The van der Waals surface area contributed by atoms with Gasteiger partial charge in [-0.1, -0.05) is 6.07 Å². The Kier molecular flexibility index (Phi) is 2.49.